The van der Waals surface area contributed by atoms with Gasteiger partial charge in [-0.15, -0.1) is 0 Å². The first kappa shape index (κ1) is 14.5. The van der Waals surface area contributed by atoms with E-state index in [4.69, 9.17) is 4.74 Å². The molecule has 0 aliphatic heterocycles. The summed E-state index contributed by atoms with van der Waals surface area (Å²) >= 11 is 0. The largest absolute Gasteiger partial charge is 0.511 e. The quantitative estimate of drug-likeness (QED) is 0.662. The van der Waals surface area contributed by atoms with Crippen LogP contribution >= 0.6 is 0 Å². The highest BCUT2D eigenvalue weighted by Crippen LogP contribution is 2.32. The molecule has 1 aliphatic carbocycles. The number of hydrogen-bond donors (Lipinski definition) is 1. The Morgan fingerprint density at radius 1 is 1.35 bits per heavy atom. The molecule has 0 heterocycles. The van der Waals surface area contributed by atoms with E-state index in [0.717, 1.165) is 5.56 Å². The first-order chi connectivity index (χ1) is 9.72. The van der Waals surface area contributed by atoms with Crippen molar-refractivity contribution in [3.8, 4) is 0 Å². The lowest BCUT2D eigenvalue weighted by Crippen LogP contribution is -2.19. The van der Waals surface area contributed by atoms with Gasteiger partial charge in [-0.05, 0) is 11.5 Å². The lowest BCUT2D eigenvalue weighted by molar-refractivity contribution is -0.116. The summed E-state index contributed by atoms with van der Waals surface area (Å²) in [5, 5.41) is 10.1. The number of methoxy groups -OCH3 is 1. The first-order valence-electron chi connectivity index (χ1n) is 6.71. The molecule has 2 rings (SSSR count). The number of hydrogen-bond acceptors (Lipinski definition) is 4. The monoisotopic (exact) mass is 273 g/mol. The Kier molecular flexibility index (Phi) is 5.07. The van der Waals surface area contributed by atoms with Gasteiger partial charge in [0.15, 0.2) is 5.78 Å². The second-order valence-electron chi connectivity index (χ2n) is 4.83. The fourth-order valence-corrected chi connectivity index (χ4v) is 2.32. The van der Waals surface area contributed by atoms with Crippen LogP contribution in [0.4, 0.5) is 0 Å². The summed E-state index contributed by atoms with van der Waals surface area (Å²) in [4.78, 5) is 16.2. The minimum atomic E-state index is -0.0521. The average molecular weight is 273 g/mol. The smallest absolute Gasteiger partial charge is 0.168 e. The van der Waals surface area contributed by atoms with Crippen molar-refractivity contribution in [1.82, 2.24) is 0 Å². The van der Waals surface area contributed by atoms with Gasteiger partial charge in [0.1, 0.15) is 5.76 Å². The minimum absolute atomic E-state index is 0.0521. The molecule has 20 heavy (non-hydrogen) atoms. The number of benzene rings is 1. The Morgan fingerprint density at radius 2 is 2.10 bits per heavy atom. The van der Waals surface area contributed by atoms with Gasteiger partial charge in [-0.25, -0.2) is 0 Å². The van der Waals surface area contributed by atoms with E-state index in [1.54, 1.807) is 7.11 Å². The second kappa shape index (κ2) is 7.01. The third-order valence-corrected chi connectivity index (χ3v) is 3.40. The Labute approximate surface area is 118 Å². The zero-order chi connectivity index (χ0) is 14.4. The average Bonchev–Trinajstić information content (AvgIpc) is 2.46. The van der Waals surface area contributed by atoms with Crippen molar-refractivity contribution in [2.75, 3.05) is 20.3 Å². The van der Waals surface area contributed by atoms with E-state index in [0.29, 0.717) is 31.6 Å². The first-order valence-corrected chi connectivity index (χ1v) is 6.71. The van der Waals surface area contributed by atoms with E-state index >= 15 is 0 Å². The van der Waals surface area contributed by atoms with E-state index in [-0.39, 0.29) is 17.5 Å². The van der Waals surface area contributed by atoms with Crippen LogP contribution in [0.5, 0.6) is 0 Å². The molecule has 0 amide bonds. The van der Waals surface area contributed by atoms with Crippen molar-refractivity contribution in [1.29, 1.82) is 0 Å². The molecule has 1 N–H and O–H groups in total. The van der Waals surface area contributed by atoms with Crippen LogP contribution in [0.25, 0.3) is 0 Å². The van der Waals surface area contributed by atoms with Crippen LogP contribution < -0.4 is 0 Å². The van der Waals surface area contributed by atoms with E-state index in [9.17, 15) is 9.90 Å². The van der Waals surface area contributed by atoms with E-state index in [2.05, 4.69) is 4.99 Å². The van der Waals surface area contributed by atoms with Crippen LogP contribution in [-0.2, 0) is 9.53 Å². The topological polar surface area (TPSA) is 58.9 Å². The van der Waals surface area contributed by atoms with E-state index in [1.807, 2.05) is 30.3 Å². The summed E-state index contributed by atoms with van der Waals surface area (Å²) in [6.07, 6.45) is 2.37. The van der Waals surface area contributed by atoms with Crippen LogP contribution in [0.2, 0.25) is 0 Å². The van der Waals surface area contributed by atoms with Gasteiger partial charge in [-0.1, -0.05) is 30.3 Å². The van der Waals surface area contributed by atoms with E-state index in [1.165, 1.54) is 6.21 Å². The highest BCUT2D eigenvalue weighted by atomic mass is 16.5. The van der Waals surface area contributed by atoms with Crippen LogP contribution in [-0.4, -0.2) is 37.4 Å². The van der Waals surface area contributed by atoms with E-state index < -0.39 is 0 Å². The molecule has 0 spiro atoms. The number of carbonyl (C=O) groups is 1. The van der Waals surface area contributed by atoms with Crippen molar-refractivity contribution in [3.05, 3.63) is 47.2 Å². The van der Waals surface area contributed by atoms with Gasteiger partial charge in [0.05, 0.1) is 18.7 Å². The molecule has 0 saturated heterocycles. The molecule has 1 aromatic carbocycles. The summed E-state index contributed by atoms with van der Waals surface area (Å²) in [6.45, 7) is 0.994. The molecular formula is C16H19NO3. The molecule has 0 saturated carbocycles. The lowest BCUT2D eigenvalue weighted by Gasteiger charge is -2.22. The fraction of sp³-hybridized carbons (Fsp3) is 0.375. The molecule has 1 unspecified atom stereocenters. The van der Waals surface area contributed by atoms with Crippen molar-refractivity contribution >= 4 is 12.0 Å². The molecule has 1 aromatic rings. The predicted molar refractivity (Wildman–Crippen MR) is 78.3 cm³/mol. The van der Waals surface area contributed by atoms with Crippen molar-refractivity contribution in [2.45, 2.75) is 18.8 Å². The predicted octanol–water partition coefficient (Wildman–Crippen LogP) is 2.66. The Morgan fingerprint density at radius 3 is 2.75 bits per heavy atom. The van der Waals surface area contributed by atoms with Gasteiger partial charge in [-0.2, -0.15) is 0 Å². The van der Waals surface area contributed by atoms with Gasteiger partial charge in [0, 0.05) is 26.2 Å². The molecule has 4 heteroatoms. The number of ketones is 1. The van der Waals surface area contributed by atoms with Crippen molar-refractivity contribution in [3.63, 3.8) is 0 Å². The van der Waals surface area contributed by atoms with Gasteiger partial charge in [0.25, 0.3) is 0 Å². The van der Waals surface area contributed by atoms with Crippen LogP contribution in [0.15, 0.2) is 46.7 Å². The van der Waals surface area contributed by atoms with Crippen LogP contribution in [0.3, 0.4) is 0 Å². The Balaban J connectivity index is 2.09. The third kappa shape index (κ3) is 3.54. The summed E-state index contributed by atoms with van der Waals surface area (Å²) < 4.78 is 4.88. The molecular weight excluding hydrogens is 254 g/mol. The van der Waals surface area contributed by atoms with Gasteiger partial charge < -0.3 is 9.84 Å². The number of Topliss-reactive ketones (excluding diaryl/α,β-unsaturated/α-hetero) is 1. The Hall–Kier alpha value is -1.94. The summed E-state index contributed by atoms with van der Waals surface area (Å²) in [7, 11) is 1.60. The van der Waals surface area contributed by atoms with Crippen LogP contribution in [0, 0.1) is 0 Å². The minimum Gasteiger partial charge on any atom is -0.511 e. The summed E-state index contributed by atoms with van der Waals surface area (Å²) in [5.41, 5.74) is 1.43. The van der Waals surface area contributed by atoms with Crippen LogP contribution in [0.1, 0.15) is 24.3 Å². The maximum atomic E-state index is 12.1. The van der Waals surface area contributed by atoms with Crippen molar-refractivity contribution < 1.29 is 14.6 Å². The molecule has 1 aliphatic rings. The highest BCUT2D eigenvalue weighted by Gasteiger charge is 2.27. The molecule has 0 aromatic heterocycles. The molecule has 0 bridgehead atoms. The number of ether oxygens (including phenoxy) is 1. The maximum absolute atomic E-state index is 12.1. The zero-order valence-electron chi connectivity index (χ0n) is 11.6. The normalized spacial score (nSPS) is 19.9. The number of nitrogens with zero attached hydrogens (tertiary/aromatic N) is 1. The van der Waals surface area contributed by atoms with Gasteiger partial charge >= 0.3 is 0 Å². The molecule has 1 atom stereocenters. The summed E-state index contributed by atoms with van der Waals surface area (Å²) in [6, 6.07) is 9.81. The molecule has 0 fully saturated rings. The highest BCUT2D eigenvalue weighted by molar-refractivity contribution is 6.14. The number of aliphatic imine (C=N–C) groups is 1. The molecule has 0 radical (unpaired) electrons. The fourth-order valence-electron chi connectivity index (χ4n) is 2.32. The maximum Gasteiger partial charge on any atom is 0.168 e. The van der Waals surface area contributed by atoms with Gasteiger partial charge in [-0.3, -0.25) is 9.79 Å². The van der Waals surface area contributed by atoms with Gasteiger partial charge in [0.2, 0.25) is 0 Å². The zero-order valence-corrected chi connectivity index (χ0v) is 11.6. The number of carbonyl (C=O) groups excluding carboxylic acids is 1. The molecule has 106 valence electrons. The third-order valence-electron chi connectivity index (χ3n) is 3.40. The standard InChI is InChI=1S/C16H19NO3/c1-20-8-7-17-11-14-15(18)9-13(10-16(14)19)12-5-3-2-4-6-12/h2-6,11,13,18H,7-10H2,1H3. The molecule has 4 nitrogen and oxygen atoms in total. The summed E-state index contributed by atoms with van der Waals surface area (Å²) in [5.74, 6) is 0.139. The SMILES string of the molecule is COCCN=CC1=C(O)CC(c2ccccc2)CC1=O. The number of aliphatic hydroxyl groups excluding tert-OH is 1. The number of allylic oxidation sites excluding steroid dienone is 2. The lowest BCUT2D eigenvalue weighted by atomic mass is 9.83. The number of rotatable bonds is 5. The number of aliphatic hydroxyl groups is 1. The Bertz CT molecular complexity index is 520. The second-order valence-corrected chi connectivity index (χ2v) is 4.83. The van der Waals surface area contributed by atoms with Crippen molar-refractivity contribution in [2.24, 2.45) is 4.99 Å².